The lowest BCUT2D eigenvalue weighted by Gasteiger charge is -2.18. The van der Waals surface area contributed by atoms with Crippen LogP contribution in [0.5, 0.6) is 0 Å². The smallest absolute Gasteiger partial charge is 0.229 e. The summed E-state index contributed by atoms with van der Waals surface area (Å²) in [6.07, 6.45) is 2.26. The summed E-state index contributed by atoms with van der Waals surface area (Å²) in [5.41, 5.74) is 0.916. The zero-order valence-corrected chi connectivity index (χ0v) is 15.0. The lowest BCUT2D eigenvalue weighted by atomic mass is 9.95. The van der Waals surface area contributed by atoms with Gasteiger partial charge in [0.05, 0.1) is 0 Å². The molecule has 3 N–H and O–H groups in total. The number of benzene rings is 1. The van der Waals surface area contributed by atoms with E-state index < -0.39 is 5.41 Å². The standard InChI is InChI=1S/C17H25N3O2S/c1-5-6-10-14(21)20-16(23)19-13-9-7-8-12(11-13)18-15(22)17(2,3)4/h7-9,11H,5-6,10H2,1-4H3,(H,18,22)(H2,19,20,21,23). The van der Waals surface area contributed by atoms with Gasteiger partial charge in [-0.15, -0.1) is 0 Å². The Morgan fingerprint density at radius 3 is 2.30 bits per heavy atom. The largest absolute Gasteiger partial charge is 0.332 e. The van der Waals surface area contributed by atoms with Crippen molar-refractivity contribution in [2.75, 3.05) is 10.6 Å². The van der Waals surface area contributed by atoms with Gasteiger partial charge in [-0.2, -0.15) is 0 Å². The fraction of sp³-hybridized carbons (Fsp3) is 0.471. The fourth-order valence-corrected chi connectivity index (χ4v) is 1.91. The van der Waals surface area contributed by atoms with Crippen molar-refractivity contribution >= 4 is 40.5 Å². The first kappa shape index (κ1) is 19.1. The van der Waals surface area contributed by atoms with Crippen molar-refractivity contribution in [1.82, 2.24) is 5.32 Å². The van der Waals surface area contributed by atoms with E-state index in [9.17, 15) is 9.59 Å². The Balaban J connectivity index is 2.61. The van der Waals surface area contributed by atoms with E-state index in [1.165, 1.54) is 0 Å². The van der Waals surface area contributed by atoms with Crippen LogP contribution < -0.4 is 16.0 Å². The normalized spacial score (nSPS) is 10.8. The van der Waals surface area contributed by atoms with Crippen LogP contribution in [0.3, 0.4) is 0 Å². The number of anilines is 2. The van der Waals surface area contributed by atoms with E-state index in [-0.39, 0.29) is 16.9 Å². The topological polar surface area (TPSA) is 70.2 Å². The summed E-state index contributed by atoms with van der Waals surface area (Å²) in [7, 11) is 0. The van der Waals surface area contributed by atoms with Crippen LogP contribution in [0.2, 0.25) is 0 Å². The zero-order valence-electron chi connectivity index (χ0n) is 14.2. The van der Waals surface area contributed by atoms with Gasteiger partial charge in [-0.1, -0.05) is 40.2 Å². The number of carbonyl (C=O) groups is 2. The highest BCUT2D eigenvalue weighted by Gasteiger charge is 2.21. The van der Waals surface area contributed by atoms with Gasteiger partial charge in [0.2, 0.25) is 11.8 Å². The number of thiocarbonyl (C=S) groups is 1. The molecule has 0 bridgehead atoms. The average Bonchev–Trinajstić information content (AvgIpc) is 2.44. The minimum absolute atomic E-state index is 0.0647. The van der Waals surface area contributed by atoms with E-state index in [2.05, 4.69) is 16.0 Å². The summed E-state index contributed by atoms with van der Waals surface area (Å²) < 4.78 is 0. The van der Waals surface area contributed by atoms with E-state index in [4.69, 9.17) is 12.2 Å². The van der Waals surface area contributed by atoms with Crippen LogP contribution in [0.25, 0.3) is 0 Å². The first-order valence-electron chi connectivity index (χ1n) is 7.74. The number of amides is 2. The van der Waals surface area contributed by atoms with Crippen LogP contribution in [-0.2, 0) is 9.59 Å². The Hall–Kier alpha value is -1.95. The number of hydrogen-bond donors (Lipinski definition) is 3. The van der Waals surface area contributed by atoms with Crippen LogP contribution in [0.15, 0.2) is 24.3 Å². The van der Waals surface area contributed by atoms with Crippen molar-refractivity contribution in [2.24, 2.45) is 5.41 Å². The number of hydrogen-bond acceptors (Lipinski definition) is 3. The van der Waals surface area contributed by atoms with E-state index in [0.29, 0.717) is 17.8 Å². The molecule has 5 nitrogen and oxygen atoms in total. The van der Waals surface area contributed by atoms with Crippen LogP contribution in [0, 0.1) is 5.41 Å². The fourth-order valence-electron chi connectivity index (χ4n) is 1.68. The van der Waals surface area contributed by atoms with Crippen LogP contribution in [0.4, 0.5) is 11.4 Å². The molecule has 126 valence electrons. The van der Waals surface area contributed by atoms with Crippen LogP contribution in [0.1, 0.15) is 47.0 Å². The summed E-state index contributed by atoms with van der Waals surface area (Å²) in [6, 6.07) is 7.20. The van der Waals surface area contributed by atoms with E-state index in [0.717, 1.165) is 12.8 Å². The lowest BCUT2D eigenvalue weighted by Crippen LogP contribution is -2.34. The highest BCUT2D eigenvalue weighted by Crippen LogP contribution is 2.19. The minimum Gasteiger partial charge on any atom is -0.332 e. The quantitative estimate of drug-likeness (QED) is 0.718. The summed E-state index contributed by atoms with van der Waals surface area (Å²) in [5.74, 6) is -0.161. The highest BCUT2D eigenvalue weighted by atomic mass is 32.1. The van der Waals surface area contributed by atoms with Gasteiger partial charge in [0.25, 0.3) is 0 Å². The second-order valence-corrected chi connectivity index (χ2v) is 6.80. The monoisotopic (exact) mass is 335 g/mol. The Kier molecular flexibility index (Phi) is 7.16. The van der Waals surface area contributed by atoms with E-state index in [1.807, 2.05) is 39.8 Å². The highest BCUT2D eigenvalue weighted by molar-refractivity contribution is 7.80. The third-order valence-corrected chi connectivity index (χ3v) is 3.27. The first-order valence-corrected chi connectivity index (χ1v) is 8.15. The lowest BCUT2D eigenvalue weighted by molar-refractivity contribution is -0.123. The molecule has 0 atom stereocenters. The molecule has 0 aliphatic rings. The number of carbonyl (C=O) groups excluding carboxylic acids is 2. The third-order valence-electron chi connectivity index (χ3n) is 3.07. The number of rotatable bonds is 5. The second kappa shape index (κ2) is 8.62. The molecule has 0 aromatic heterocycles. The number of nitrogens with one attached hydrogen (secondary N) is 3. The van der Waals surface area contributed by atoms with Gasteiger partial charge >= 0.3 is 0 Å². The molecule has 0 saturated carbocycles. The predicted molar refractivity (Wildman–Crippen MR) is 98.4 cm³/mol. The van der Waals surface area contributed by atoms with Crippen molar-refractivity contribution in [3.8, 4) is 0 Å². The molecule has 0 aliphatic carbocycles. The summed E-state index contributed by atoms with van der Waals surface area (Å²) >= 11 is 5.12. The molecule has 0 heterocycles. The molecule has 0 unspecified atom stereocenters. The Morgan fingerprint density at radius 2 is 1.74 bits per heavy atom. The van der Waals surface area contributed by atoms with Crippen molar-refractivity contribution in [2.45, 2.75) is 47.0 Å². The molecular weight excluding hydrogens is 310 g/mol. The number of unbranched alkanes of at least 4 members (excludes halogenated alkanes) is 1. The average molecular weight is 335 g/mol. The predicted octanol–water partition coefficient (Wildman–Crippen LogP) is 3.67. The molecule has 2 amide bonds. The van der Waals surface area contributed by atoms with Gasteiger partial charge in [-0.25, -0.2) is 0 Å². The Morgan fingerprint density at radius 1 is 1.13 bits per heavy atom. The molecular formula is C17H25N3O2S. The maximum absolute atomic E-state index is 12.0. The maximum Gasteiger partial charge on any atom is 0.229 e. The van der Waals surface area contributed by atoms with Crippen molar-refractivity contribution in [3.63, 3.8) is 0 Å². The minimum atomic E-state index is -0.466. The summed E-state index contributed by atoms with van der Waals surface area (Å²) in [5, 5.41) is 8.70. The van der Waals surface area contributed by atoms with Crippen LogP contribution in [-0.4, -0.2) is 16.9 Å². The molecule has 0 fully saturated rings. The van der Waals surface area contributed by atoms with E-state index >= 15 is 0 Å². The van der Waals surface area contributed by atoms with Gasteiger partial charge in [0.15, 0.2) is 5.11 Å². The third kappa shape index (κ3) is 7.23. The molecule has 23 heavy (non-hydrogen) atoms. The van der Waals surface area contributed by atoms with Crippen molar-refractivity contribution in [1.29, 1.82) is 0 Å². The van der Waals surface area contributed by atoms with E-state index in [1.54, 1.807) is 12.1 Å². The maximum atomic E-state index is 12.0. The molecule has 1 aromatic carbocycles. The summed E-state index contributed by atoms with van der Waals surface area (Å²) in [6.45, 7) is 7.59. The molecule has 1 aromatic rings. The van der Waals surface area contributed by atoms with Gasteiger partial charge in [-0.05, 0) is 36.8 Å². The summed E-state index contributed by atoms with van der Waals surface area (Å²) in [4.78, 5) is 23.6. The molecule has 0 radical (unpaired) electrons. The second-order valence-electron chi connectivity index (χ2n) is 6.39. The molecule has 1 rings (SSSR count). The van der Waals surface area contributed by atoms with Gasteiger partial charge in [0, 0.05) is 23.2 Å². The molecule has 0 saturated heterocycles. The SMILES string of the molecule is CCCCC(=O)NC(=S)Nc1cccc(NC(=O)C(C)(C)C)c1. The van der Waals surface area contributed by atoms with Crippen LogP contribution >= 0.6 is 12.2 Å². The van der Waals surface area contributed by atoms with Crippen molar-refractivity contribution < 1.29 is 9.59 Å². The first-order chi connectivity index (χ1) is 10.7. The zero-order chi connectivity index (χ0) is 17.5. The Bertz CT molecular complexity index is 579. The van der Waals surface area contributed by atoms with Crippen molar-refractivity contribution in [3.05, 3.63) is 24.3 Å². The van der Waals surface area contributed by atoms with Gasteiger partial charge in [-0.3, -0.25) is 9.59 Å². The molecule has 0 spiro atoms. The molecule has 0 aliphatic heterocycles. The van der Waals surface area contributed by atoms with Gasteiger partial charge in [0.1, 0.15) is 0 Å². The van der Waals surface area contributed by atoms with Gasteiger partial charge < -0.3 is 16.0 Å². The molecule has 6 heteroatoms. The Labute approximate surface area is 143 Å².